The van der Waals surface area contributed by atoms with Gasteiger partial charge in [-0.1, -0.05) is 29.8 Å². The van der Waals surface area contributed by atoms with Gasteiger partial charge in [-0.2, -0.15) is 0 Å². The van der Waals surface area contributed by atoms with Gasteiger partial charge in [-0.05, 0) is 25.0 Å². The Balaban J connectivity index is 2.00. The van der Waals surface area contributed by atoms with Gasteiger partial charge in [-0.25, -0.2) is 0 Å². The number of aromatic nitrogens is 1. The van der Waals surface area contributed by atoms with Crippen molar-refractivity contribution in [2.75, 3.05) is 26.8 Å². The molecular weight excluding hydrogens is 328 g/mol. The van der Waals surface area contributed by atoms with Crippen LogP contribution in [-0.2, 0) is 16.6 Å². The molecule has 26 heavy (non-hydrogen) atoms. The van der Waals surface area contributed by atoms with E-state index >= 15 is 0 Å². The molecule has 3 atom stereocenters. The number of piperidine rings is 1. The van der Waals surface area contributed by atoms with Crippen molar-refractivity contribution in [2.24, 2.45) is 13.0 Å². The van der Waals surface area contributed by atoms with Gasteiger partial charge in [0.25, 0.3) is 0 Å². The first-order valence-corrected chi connectivity index (χ1v) is 9.27. The van der Waals surface area contributed by atoms with E-state index in [9.17, 15) is 9.90 Å². The predicted molar refractivity (Wildman–Crippen MR) is 101 cm³/mol. The van der Waals surface area contributed by atoms with Crippen LogP contribution >= 0.6 is 0 Å². The number of rotatable bonds is 3. The van der Waals surface area contributed by atoms with Crippen molar-refractivity contribution in [1.29, 1.82) is 0 Å². The molecule has 4 rings (SSSR count). The molecule has 5 nitrogen and oxygen atoms in total. The number of para-hydroxylation sites is 1. The number of aliphatic hydroxyl groups excluding tert-OH is 1. The molecule has 2 heterocycles. The van der Waals surface area contributed by atoms with Crippen molar-refractivity contribution >= 4 is 16.9 Å². The van der Waals surface area contributed by atoms with E-state index in [4.69, 9.17) is 4.74 Å². The third kappa shape index (κ3) is 2.34. The molecule has 1 fully saturated rings. The Hall–Kier alpha value is -2.11. The Morgan fingerprint density at radius 1 is 1.38 bits per heavy atom. The number of aryl methyl sites for hydroxylation is 1. The minimum atomic E-state index is -0.272. The lowest BCUT2D eigenvalue weighted by Crippen LogP contribution is -2.46. The number of esters is 1. The number of fused-ring (bicyclic) bond motifs is 6. The number of β-amino-alcohol motifs (C(OH)–C–C–N with tert-alkyl or cyclic N) is 1. The third-order valence-electron chi connectivity index (χ3n) is 6.22. The summed E-state index contributed by atoms with van der Waals surface area (Å²) < 4.78 is 7.39. The number of hydrogen-bond acceptors (Lipinski definition) is 4. The lowest BCUT2D eigenvalue weighted by molar-refractivity contribution is -0.144. The number of aliphatic hydroxyl groups is 1. The molecule has 2 bridgehead atoms. The molecule has 0 saturated carbocycles. The molecule has 0 amide bonds. The van der Waals surface area contributed by atoms with Crippen molar-refractivity contribution in [1.82, 2.24) is 9.47 Å². The number of likely N-dealkylation sites (tertiary alicyclic amines) is 1. The van der Waals surface area contributed by atoms with Gasteiger partial charge in [0, 0.05) is 48.7 Å². The van der Waals surface area contributed by atoms with Gasteiger partial charge < -0.3 is 14.4 Å². The average Bonchev–Trinajstić information content (AvgIpc) is 2.96. The summed E-state index contributed by atoms with van der Waals surface area (Å²) in [5.74, 6) is -0.274. The molecule has 2 aliphatic rings. The van der Waals surface area contributed by atoms with Gasteiger partial charge in [-0.15, -0.1) is 0 Å². The zero-order valence-corrected chi connectivity index (χ0v) is 15.6. The van der Waals surface area contributed by atoms with E-state index in [1.165, 1.54) is 23.6 Å². The van der Waals surface area contributed by atoms with Gasteiger partial charge in [0.2, 0.25) is 0 Å². The summed E-state index contributed by atoms with van der Waals surface area (Å²) in [6.07, 6.45) is 3.02. The second-order valence-electron chi connectivity index (χ2n) is 7.29. The molecule has 138 valence electrons. The summed E-state index contributed by atoms with van der Waals surface area (Å²) in [5.41, 5.74) is 4.71. The van der Waals surface area contributed by atoms with Crippen LogP contribution in [-0.4, -0.2) is 47.3 Å². The smallest absolute Gasteiger partial charge is 0.315 e. The first-order valence-electron chi connectivity index (χ1n) is 9.27. The number of methoxy groups -OCH3 is 1. The van der Waals surface area contributed by atoms with Crippen LogP contribution in [0.25, 0.3) is 10.9 Å². The van der Waals surface area contributed by atoms with E-state index < -0.39 is 0 Å². The van der Waals surface area contributed by atoms with E-state index in [-0.39, 0.29) is 30.5 Å². The number of carbonyl (C=O) groups excluding carboxylic acids is 1. The molecule has 0 radical (unpaired) electrons. The Kier molecular flexibility index (Phi) is 4.37. The van der Waals surface area contributed by atoms with Crippen LogP contribution in [0.5, 0.6) is 0 Å². The minimum Gasteiger partial charge on any atom is -0.468 e. The normalized spacial score (nSPS) is 26.9. The largest absolute Gasteiger partial charge is 0.468 e. The molecule has 1 N–H and O–H groups in total. The van der Waals surface area contributed by atoms with Gasteiger partial charge in [0.15, 0.2) is 0 Å². The van der Waals surface area contributed by atoms with Crippen LogP contribution in [0.2, 0.25) is 0 Å². The van der Waals surface area contributed by atoms with Crippen molar-refractivity contribution in [3.8, 4) is 0 Å². The number of carbonyl (C=O) groups is 1. The number of ether oxygens (including phenoxy) is 1. The summed E-state index contributed by atoms with van der Waals surface area (Å²) in [7, 11) is 3.52. The van der Waals surface area contributed by atoms with E-state index in [0.717, 1.165) is 24.2 Å². The summed E-state index contributed by atoms with van der Waals surface area (Å²) in [4.78, 5) is 15.2. The lowest BCUT2D eigenvalue weighted by atomic mass is 9.68. The first-order chi connectivity index (χ1) is 12.6. The fourth-order valence-corrected chi connectivity index (χ4v) is 5.08. The van der Waals surface area contributed by atoms with E-state index in [1.54, 1.807) is 0 Å². The summed E-state index contributed by atoms with van der Waals surface area (Å²) in [5, 5.41) is 10.8. The molecule has 1 aromatic carbocycles. The van der Waals surface area contributed by atoms with Crippen molar-refractivity contribution in [3.63, 3.8) is 0 Å². The standard InChI is InChI=1S/C21H26N2O3/c1-4-13-12-23(9-10-24)17-11-15(13)19(21(25)26-3)20-18(17)14-7-5-6-8-16(14)22(20)2/h4-8,15,17,19,24H,9-12H2,1-3H3/b13-4-/t15-,17-,19-/m1/s1. The lowest BCUT2D eigenvalue weighted by Gasteiger charge is -2.47. The highest BCUT2D eigenvalue weighted by molar-refractivity contribution is 5.90. The van der Waals surface area contributed by atoms with Crippen molar-refractivity contribution in [2.45, 2.75) is 25.3 Å². The minimum absolute atomic E-state index is 0.138. The second-order valence-corrected chi connectivity index (χ2v) is 7.29. The van der Waals surface area contributed by atoms with Gasteiger partial charge in [0.05, 0.1) is 13.7 Å². The SMILES string of the molecule is C/C=C1/CN(CCO)[C@@H]2C[C@H]1[C@@H](C(=O)OC)c1c2c2ccccc2n1C. The van der Waals surface area contributed by atoms with Gasteiger partial charge >= 0.3 is 5.97 Å². The quantitative estimate of drug-likeness (QED) is 0.680. The topological polar surface area (TPSA) is 54.7 Å². The molecule has 0 unspecified atom stereocenters. The third-order valence-corrected chi connectivity index (χ3v) is 6.22. The van der Waals surface area contributed by atoms with Crippen LogP contribution in [0.15, 0.2) is 35.9 Å². The molecule has 0 spiro atoms. The maximum Gasteiger partial charge on any atom is 0.315 e. The molecular formula is C21H26N2O3. The Morgan fingerprint density at radius 3 is 2.85 bits per heavy atom. The molecule has 2 aromatic rings. The van der Waals surface area contributed by atoms with E-state index in [1.807, 2.05) is 20.0 Å². The zero-order valence-electron chi connectivity index (χ0n) is 15.6. The molecule has 1 saturated heterocycles. The van der Waals surface area contributed by atoms with Gasteiger partial charge in [0.1, 0.15) is 5.92 Å². The maximum absolute atomic E-state index is 12.8. The summed E-state index contributed by atoms with van der Waals surface area (Å²) in [6, 6.07) is 8.57. The highest BCUT2D eigenvalue weighted by atomic mass is 16.5. The second kappa shape index (κ2) is 6.56. The van der Waals surface area contributed by atoms with Crippen LogP contribution in [0.4, 0.5) is 0 Å². The van der Waals surface area contributed by atoms with Crippen LogP contribution in [0.3, 0.4) is 0 Å². The summed E-state index contributed by atoms with van der Waals surface area (Å²) in [6.45, 7) is 3.61. The number of allylic oxidation sites excluding steroid dienone is 1. The number of hydrogen-bond donors (Lipinski definition) is 1. The fraction of sp³-hybridized carbons (Fsp3) is 0.476. The Labute approximate surface area is 153 Å². The number of nitrogens with zero attached hydrogens (tertiary/aromatic N) is 2. The van der Waals surface area contributed by atoms with Crippen LogP contribution in [0.1, 0.15) is 36.6 Å². The van der Waals surface area contributed by atoms with Crippen LogP contribution < -0.4 is 0 Å². The monoisotopic (exact) mass is 354 g/mol. The van der Waals surface area contributed by atoms with E-state index in [0.29, 0.717) is 6.54 Å². The maximum atomic E-state index is 12.8. The average molecular weight is 354 g/mol. The molecule has 1 aromatic heterocycles. The predicted octanol–water partition coefficient (Wildman–Crippen LogP) is 2.75. The molecule has 1 aliphatic heterocycles. The first kappa shape index (κ1) is 17.3. The zero-order chi connectivity index (χ0) is 18.4. The highest BCUT2D eigenvalue weighted by Crippen LogP contribution is 2.53. The fourth-order valence-electron chi connectivity index (χ4n) is 5.08. The van der Waals surface area contributed by atoms with E-state index in [2.05, 4.69) is 33.7 Å². The summed E-state index contributed by atoms with van der Waals surface area (Å²) >= 11 is 0. The van der Waals surface area contributed by atoms with Crippen molar-refractivity contribution < 1.29 is 14.6 Å². The van der Waals surface area contributed by atoms with Gasteiger partial charge in [-0.3, -0.25) is 9.69 Å². The highest BCUT2D eigenvalue weighted by Gasteiger charge is 2.48. The van der Waals surface area contributed by atoms with Crippen LogP contribution in [0, 0.1) is 5.92 Å². The Morgan fingerprint density at radius 2 is 2.15 bits per heavy atom. The molecule has 1 aliphatic carbocycles. The Bertz CT molecular complexity index is 883. The molecule has 5 heteroatoms. The number of benzene rings is 1. The van der Waals surface area contributed by atoms with Crippen molar-refractivity contribution in [3.05, 3.63) is 47.2 Å².